The molecule has 2 aromatic rings. The number of methoxy groups -OCH3 is 1. The number of halogens is 3. The molecule has 6 nitrogen and oxygen atoms in total. The molecule has 3 N–H and O–H groups in total. The van der Waals surface area contributed by atoms with Crippen molar-refractivity contribution < 1.29 is 28.2 Å². The summed E-state index contributed by atoms with van der Waals surface area (Å²) in [5, 5.41) is 15.7. The smallest absolute Gasteiger partial charge is 0.304 e. The van der Waals surface area contributed by atoms with Crippen LogP contribution in [0.25, 0.3) is 0 Å². The average molecular weight is 551 g/mol. The van der Waals surface area contributed by atoms with Gasteiger partial charge in [0.1, 0.15) is 11.6 Å². The van der Waals surface area contributed by atoms with Crippen LogP contribution >= 0.6 is 11.6 Å². The van der Waals surface area contributed by atoms with Crippen LogP contribution in [-0.2, 0) is 20.7 Å². The highest BCUT2D eigenvalue weighted by atomic mass is 35.5. The van der Waals surface area contributed by atoms with Gasteiger partial charge in [0.15, 0.2) is 0 Å². The van der Waals surface area contributed by atoms with Crippen molar-refractivity contribution in [1.82, 2.24) is 0 Å². The third-order valence-electron chi connectivity index (χ3n) is 7.20. The Morgan fingerprint density at radius 2 is 1.82 bits per heavy atom. The van der Waals surface area contributed by atoms with E-state index in [1.165, 1.54) is 31.7 Å². The van der Waals surface area contributed by atoms with Crippen molar-refractivity contribution in [3.05, 3.63) is 58.1 Å². The summed E-state index contributed by atoms with van der Waals surface area (Å²) in [5.74, 6) is -2.83. The number of carboxylic acid groups (broad SMARTS) is 1. The molecule has 0 radical (unpaired) electrons. The fourth-order valence-corrected chi connectivity index (χ4v) is 5.47. The highest BCUT2D eigenvalue weighted by Crippen LogP contribution is 2.37. The Hall–Kier alpha value is -2.71. The van der Waals surface area contributed by atoms with Crippen LogP contribution in [-0.4, -0.2) is 36.7 Å². The topological polar surface area (TPSA) is 87.7 Å². The van der Waals surface area contributed by atoms with E-state index in [4.69, 9.17) is 16.3 Å². The number of amides is 1. The summed E-state index contributed by atoms with van der Waals surface area (Å²) in [6, 6.07) is 6.95. The summed E-state index contributed by atoms with van der Waals surface area (Å²) in [6.45, 7) is 4.24. The number of benzene rings is 2. The van der Waals surface area contributed by atoms with Crippen molar-refractivity contribution in [1.29, 1.82) is 0 Å². The van der Waals surface area contributed by atoms with Gasteiger partial charge in [-0.3, -0.25) is 9.59 Å². The van der Waals surface area contributed by atoms with Crippen LogP contribution in [0.1, 0.15) is 69.4 Å². The molecule has 0 bridgehead atoms. The largest absolute Gasteiger partial charge is 0.481 e. The molecule has 0 aromatic heterocycles. The van der Waals surface area contributed by atoms with E-state index in [-0.39, 0.29) is 53.4 Å². The molecule has 2 unspecified atom stereocenters. The quantitative estimate of drug-likeness (QED) is 0.264. The Bertz CT molecular complexity index is 1120. The minimum Gasteiger partial charge on any atom is -0.481 e. The van der Waals surface area contributed by atoms with Gasteiger partial charge < -0.3 is 20.5 Å². The predicted octanol–water partition coefficient (Wildman–Crippen LogP) is 7.02. The zero-order valence-electron chi connectivity index (χ0n) is 22.2. The second-order valence-electron chi connectivity index (χ2n) is 10.4. The van der Waals surface area contributed by atoms with Gasteiger partial charge in [-0.25, -0.2) is 8.78 Å². The molecule has 38 heavy (non-hydrogen) atoms. The third kappa shape index (κ3) is 8.14. The van der Waals surface area contributed by atoms with Crippen LogP contribution in [0.4, 0.5) is 20.2 Å². The van der Waals surface area contributed by atoms with Gasteiger partial charge in [-0.05, 0) is 60.1 Å². The SMILES string of the molecule is COCC(CC(=O)O)c1cc(F)c(NC(C(C)C)C2CCCCC2)c(NC(=O)Cc2ccc(Cl)cc2F)c1. The van der Waals surface area contributed by atoms with E-state index in [0.717, 1.165) is 31.7 Å². The normalized spacial score (nSPS) is 15.8. The molecule has 1 aliphatic rings. The second-order valence-corrected chi connectivity index (χ2v) is 10.9. The summed E-state index contributed by atoms with van der Waals surface area (Å²) in [6.07, 6.45) is 4.99. The lowest BCUT2D eigenvalue weighted by Crippen LogP contribution is -2.36. The molecular weight excluding hydrogens is 514 g/mol. The number of anilines is 2. The van der Waals surface area contributed by atoms with Crippen LogP contribution in [0.2, 0.25) is 5.02 Å². The van der Waals surface area contributed by atoms with Crippen LogP contribution in [0.15, 0.2) is 30.3 Å². The molecule has 1 aliphatic carbocycles. The molecule has 208 valence electrons. The lowest BCUT2D eigenvalue weighted by Gasteiger charge is -2.35. The minimum atomic E-state index is -1.05. The highest BCUT2D eigenvalue weighted by molar-refractivity contribution is 6.30. The van der Waals surface area contributed by atoms with Crippen molar-refractivity contribution in [3.8, 4) is 0 Å². The van der Waals surface area contributed by atoms with Crippen molar-refractivity contribution in [2.24, 2.45) is 11.8 Å². The molecule has 1 amide bonds. The van der Waals surface area contributed by atoms with E-state index in [1.807, 2.05) is 0 Å². The van der Waals surface area contributed by atoms with Gasteiger partial charge in [0, 0.05) is 24.1 Å². The minimum absolute atomic E-state index is 0.0196. The first kappa shape index (κ1) is 29.8. The number of rotatable bonds is 12. The first-order chi connectivity index (χ1) is 18.1. The van der Waals surface area contributed by atoms with Crippen LogP contribution in [0.5, 0.6) is 0 Å². The molecule has 1 saturated carbocycles. The molecular formula is C29H37ClF2N2O4. The number of carbonyl (C=O) groups excluding carboxylic acids is 1. The number of carbonyl (C=O) groups is 2. The summed E-state index contributed by atoms with van der Waals surface area (Å²) in [4.78, 5) is 24.5. The summed E-state index contributed by atoms with van der Waals surface area (Å²) in [7, 11) is 1.45. The zero-order valence-corrected chi connectivity index (χ0v) is 22.9. The van der Waals surface area contributed by atoms with Gasteiger partial charge in [-0.1, -0.05) is 50.8 Å². The average Bonchev–Trinajstić information content (AvgIpc) is 2.85. The molecule has 0 spiro atoms. The van der Waals surface area contributed by atoms with E-state index < -0.39 is 29.4 Å². The Labute approximate surface area is 228 Å². The maximum absolute atomic E-state index is 15.7. The van der Waals surface area contributed by atoms with Crippen molar-refractivity contribution in [2.75, 3.05) is 24.4 Å². The third-order valence-corrected chi connectivity index (χ3v) is 7.44. The lowest BCUT2D eigenvalue weighted by atomic mass is 9.79. The standard InChI is InChI=1S/C29H37ClF2N2O4/c1-17(2)28(18-7-5-4-6-8-18)34-29-24(32)11-20(21(16-38-3)14-27(36)37)12-25(29)33-26(35)13-19-9-10-22(30)15-23(19)31/h9-12,15,17-18,21,28,34H,4-8,13-14,16H2,1-3H3,(H,33,35)(H,36,37). The monoisotopic (exact) mass is 550 g/mol. The molecule has 2 aromatic carbocycles. The van der Waals surface area contributed by atoms with Gasteiger partial charge >= 0.3 is 5.97 Å². The fourth-order valence-electron chi connectivity index (χ4n) is 5.31. The van der Waals surface area contributed by atoms with Crippen LogP contribution in [0, 0.1) is 23.5 Å². The number of nitrogens with one attached hydrogen (secondary N) is 2. The number of ether oxygens (including phenoxy) is 1. The molecule has 9 heteroatoms. The summed E-state index contributed by atoms with van der Waals surface area (Å²) in [5.41, 5.74) is 0.884. The first-order valence-electron chi connectivity index (χ1n) is 13.1. The zero-order chi connectivity index (χ0) is 27.8. The Kier molecular flexibility index (Phi) is 10.9. The highest BCUT2D eigenvalue weighted by Gasteiger charge is 2.29. The van der Waals surface area contributed by atoms with E-state index in [0.29, 0.717) is 11.5 Å². The number of aliphatic carboxylic acids is 1. The van der Waals surface area contributed by atoms with E-state index in [9.17, 15) is 19.1 Å². The number of hydrogen-bond donors (Lipinski definition) is 3. The van der Waals surface area contributed by atoms with Gasteiger partial charge in [0.25, 0.3) is 0 Å². The van der Waals surface area contributed by atoms with Gasteiger partial charge in [-0.2, -0.15) is 0 Å². The van der Waals surface area contributed by atoms with Crippen molar-refractivity contribution >= 4 is 34.9 Å². The number of carboxylic acids is 1. The maximum Gasteiger partial charge on any atom is 0.304 e. The summed E-state index contributed by atoms with van der Waals surface area (Å²) < 4.78 is 35.3. The van der Waals surface area contributed by atoms with Crippen molar-refractivity contribution in [3.63, 3.8) is 0 Å². The predicted molar refractivity (Wildman–Crippen MR) is 146 cm³/mol. The molecule has 1 fully saturated rings. The van der Waals surface area contributed by atoms with Crippen LogP contribution in [0.3, 0.4) is 0 Å². The first-order valence-corrected chi connectivity index (χ1v) is 13.5. The van der Waals surface area contributed by atoms with Gasteiger partial charge in [0.05, 0.1) is 30.8 Å². The summed E-state index contributed by atoms with van der Waals surface area (Å²) >= 11 is 5.83. The van der Waals surface area contributed by atoms with Gasteiger partial charge in [-0.15, -0.1) is 0 Å². The second kappa shape index (κ2) is 13.9. The molecule has 3 rings (SSSR count). The molecule has 0 heterocycles. The molecule has 2 atom stereocenters. The van der Waals surface area contributed by atoms with Gasteiger partial charge in [0.2, 0.25) is 5.91 Å². The molecule has 0 saturated heterocycles. The van der Waals surface area contributed by atoms with E-state index in [2.05, 4.69) is 24.5 Å². The Morgan fingerprint density at radius 3 is 2.42 bits per heavy atom. The van der Waals surface area contributed by atoms with E-state index >= 15 is 4.39 Å². The maximum atomic E-state index is 15.7. The lowest BCUT2D eigenvalue weighted by molar-refractivity contribution is -0.137. The fraction of sp³-hybridized carbons (Fsp3) is 0.517. The Morgan fingerprint density at radius 1 is 1.11 bits per heavy atom. The molecule has 0 aliphatic heterocycles. The van der Waals surface area contributed by atoms with E-state index in [1.54, 1.807) is 6.07 Å². The van der Waals surface area contributed by atoms with Crippen molar-refractivity contribution in [2.45, 2.75) is 70.8 Å². The number of hydrogen-bond acceptors (Lipinski definition) is 4. The Balaban J connectivity index is 1.98. The van der Waals surface area contributed by atoms with Crippen LogP contribution < -0.4 is 10.6 Å².